The second kappa shape index (κ2) is 8.59. The van der Waals surface area contributed by atoms with Gasteiger partial charge in [-0.05, 0) is 45.8 Å². The molecule has 0 bridgehead atoms. The lowest BCUT2D eigenvalue weighted by molar-refractivity contribution is 0.170. The number of hydrogen-bond donors (Lipinski definition) is 0. The number of nitrogens with zero attached hydrogens (tertiary/aromatic N) is 2. The summed E-state index contributed by atoms with van der Waals surface area (Å²) in [6.07, 6.45) is -0.983. The van der Waals surface area contributed by atoms with Crippen molar-refractivity contribution in [3.05, 3.63) is 72.8 Å². The smallest absolute Gasteiger partial charge is 0.410 e. The molecular formula is C26H24N2O4. The lowest BCUT2D eigenvalue weighted by atomic mass is 9.96. The lowest BCUT2D eigenvalue weighted by Gasteiger charge is -2.19. The van der Waals surface area contributed by atoms with Crippen LogP contribution in [0.3, 0.4) is 0 Å². The van der Waals surface area contributed by atoms with Crippen molar-refractivity contribution in [3.63, 3.8) is 0 Å². The zero-order valence-corrected chi connectivity index (χ0v) is 18.5. The fraction of sp³-hybridized carbons (Fsp3) is 0.154. The maximum absolute atomic E-state index is 12.4. The summed E-state index contributed by atoms with van der Waals surface area (Å²) < 4.78 is 11.5. The van der Waals surface area contributed by atoms with E-state index in [1.807, 2.05) is 72.8 Å². The van der Waals surface area contributed by atoms with Gasteiger partial charge in [-0.1, -0.05) is 48.5 Å². The van der Waals surface area contributed by atoms with Gasteiger partial charge in [0.25, 0.3) is 0 Å². The fourth-order valence-corrected chi connectivity index (χ4v) is 3.40. The van der Waals surface area contributed by atoms with Gasteiger partial charge in [-0.15, -0.1) is 0 Å². The highest BCUT2D eigenvalue weighted by atomic mass is 16.6. The minimum absolute atomic E-state index is 0.389. The van der Waals surface area contributed by atoms with Gasteiger partial charge in [0.05, 0.1) is 0 Å². The first-order valence-corrected chi connectivity index (χ1v) is 10.2. The molecule has 162 valence electrons. The highest BCUT2D eigenvalue weighted by Crippen LogP contribution is 2.41. The number of carbonyl (C=O) groups excluding carboxylic acids is 2. The summed E-state index contributed by atoms with van der Waals surface area (Å²) in [4.78, 5) is 27.6. The highest BCUT2D eigenvalue weighted by Gasteiger charge is 2.20. The molecule has 32 heavy (non-hydrogen) atoms. The third-order valence-corrected chi connectivity index (χ3v) is 5.11. The fourth-order valence-electron chi connectivity index (χ4n) is 3.40. The zero-order chi connectivity index (χ0) is 22.8. The van der Waals surface area contributed by atoms with Crippen LogP contribution >= 0.6 is 0 Å². The van der Waals surface area contributed by atoms with Crippen LogP contribution in [-0.4, -0.2) is 50.2 Å². The van der Waals surface area contributed by atoms with E-state index in [2.05, 4.69) is 0 Å². The molecule has 0 aliphatic carbocycles. The van der Waals surface area contributed by atoms with Crippen molar-refractivity contribution in [3.8, 4) is 22.6 Å². The summed E-state index contributed by atoms with van der Waals surface area (Å²) in [7, 11) is 6.51. The Balaban J connectivity index is 1.97. The van der Waals surface area contributed by atoms with E-state index in [1.165, 1.54) is 9.80 Å². The highest BCUT2D eigenvalue weighted by molar-refractivity contribution is 5.97. The summed E-state index contributed by atoms with van der Waals surface area (Å²) in [5.41, 5.74) is 1.32. The average molecular weight is 428 g/mol. The predicted octanol–water partition coefficient (Wildman–Crippen LogP) is 5.78. The first-order valence-electron chi connectivity index (χ1n) is 10.2. The Kier molecular flexibility index (Phi) is 5.69. The third kappa shape index (κ3) is 4.21. The van der Waals surface area contributed by atoms with E-state index in [-0.39, 0.29) is 0 Å². The van der Waals surface area contributed by atoms with Crippen LogP contribution in [0.15, 0.2) is 72.8 Å². The van der Waals surface area contributed by atoms with Crippen molar-refractivity contribution in [2.75, 3.05) is 28.2 Å². The molecule has 0 aromatic heterocycles. The molecule has 0 saturated carbocycles. The molecule has 4 rings (SSSR count). The molecule has 6 nitrogen and oxygen atoms in total. The lowest BCUT2D eigenvalue weighted by Crippen LogP contribution is -2.26. The van der Waals surface area contributed by atoms with E-state index in [0.717, 1.165) is 21.5 Å². The molecule has 0 fully saturated rings. The standard InChI is InChI=1S/C26H24N2O4/c1-27(2)25(29)31-23-15-19-11-7-5-9-17(19)13-21(23)22-14-18-10-6-8-12-20(18)16-24(22)32-26(30)28(3)4/h5-16H,1-4H3. The normalized spacial score (nSPS) is 10.8. The van der Waals surface area contributed by atoms with Gasteiger partial charge in [-0.3, -0.25) is 0 Å². The molecule has 4 aromatic rings. The number of carbonyl (C=O) groups is 2. The molecule has 0 aliphatic rings. The zero-order valence-electron chi connectivity index (χ0n) is 18.5. The first-order chi connectivity index (χ1) is 15.3. The minimum atomic E-state index is -0.492. The predicted molar refractivity (Wildman–Crippen MR) is 126 cm³/mol. The molecule has 0 N–H and O–H groups in total. The van der Waals surface area contributed by atoms with Gasteiger partial charge in [0, 0.05) is 39.3 Å². The Morgan fingerprint density at radius 3 is 1.19 bits per heavy atom. The number of ether oxygens (including phenoxy) is 2. The van der Waals surface area contributed by atoms with Crippen LogP contribution in [0, 0.1) is 0 Å². The van der Waals surface area contributed by atoms with Crippen LogP contribution in [0.25, 0.3) is 32.7 Å². The summed E-state index contributed by atoms with van der Waals surface area (Å²) in [6.45, 7) is 0. The van der Waals surface area contributed by atoms with Gasteiger partial charge in [-0.25, -0.2) is 9.59 Å². The Bertz CT molecular complexity index is 1220. The Morgan fingerprint density at radius 2 is 0.875 bits per heavy atom. The SMILES string of the molecule is CN(C)C(=O)Oc1cc2ccccc2cc1-c1cc2ccccc2cc1OC(=O)N(C)C. The topological polar surface area (TPSA) is 59.1 Å². The van der Waals surface area contributed by atoms with E-state index in [1.54, 1.807) is 28.2 Å². The van der Waals surface area contributed by atoms with E-state index in [4.69, 9.17) is 9.47 Å². The van der Waals surface area contributed by atoms with Crippen molar-refractivity contribution >= 4 is 33.7 Å². The van der Waals surface area contributed by atoms with Crippen LogP contribution in [-0.2, 0) is 0 Å². The van der Waals surface area contributed by atoms with Crippen LogP contribution in [0.5, 0.6) is 11.5 Å². The monoisotopic (exact) mass is 428 g/mol. The molecule has 0 saturated heterocycles. The maximum Gasteiger partial charge on any atom is 0.414 e. The van der Waals surface area contributed by atoms with Crippen molar-refractivity contribution in [1.29, 1.82) is 0 Å². The molecule has 0 heterocycles. The summed E-state index contributed by atoms with van der Waals surface area (Å²) in [5.74, 6) is 0.777. The van der Waals surface area contributed by atoms with E-state index >= 15 is 0 Å². The largest absolute Gasteiger partial charge is 0.414 e. The Morgan fingerprint density at radius 1 is 0.562 bits per heavy atom. The number of amides is 2. The molecule has 4 aromatic carbocycles. The van der Waals surface area contributed by atoms with E-state index in [9.17, 15) is 9.59 Å². The number of rotatable bonds is 3. The number of hydrogen-bond acceptors (Lipinski definition) is 4. The van der Waals surface area contributed by atoms with Gasteiger partial charge in [0.2, 0.25) is 0 Å². The van der Waals surface area contributed by atoms with Gasteiger partial charge in [0.15, 0.2) is 0 Å². The Hall–Kier alpha value is -4.06. The number of fused-ring (bicyclic) bond motifs is 2. The molecular weight excluding hydrogens is 404 g/mol. The molecule has 0 radical (unpaired) electrons. The summed E-state index contributed by atoms with van der Waals surface area (Å²) in [6, 6.07) is 23.2. The van der Waals surface area contributed by atoms with Crippen molar-refractivity contribution in [2.24, 2.45) is 0 Å². The van der Waals surface area contributed by atoms with Crippen molar-refractivity contribution < 1.29 is 19.1 Å². The molecule has 6 heteroatoms. The van der Waals surface area contributed by atoms with Gasteiger partial charge < -0.3 is 19.3 Å². The minimum Gasteiger partial charge on any atom is -0.410 e. The second-order valence-electron chi connectivity index (χ2n) is 7.92. The summed E-state index contributed by atoms with van der Waals surface area (Å²) >= 11 is 0. The van der Waals surface area contributed by atoms with Gasteiger partial charge >= 0.3 is 12.2 Å². The molecule has 0 unspecified atom stereocenters. The molecule has 2 amide bonds. The third-order valence-electron chi connectivity index (χ3n) is 5.11. The van der Waals surface area contributed by atoms with Crippen LogP contribution < -0.4 is 9.47 Å². The Labute approximate surface area is 186 Å². The second-order valence-corrected chi connectivity index (χ2v) is 7.92. The first kappa shape index (κ1) is 21.2. The van der Waals surface area contributed by atoms with Crippen molar-refractivity contribution in [2.45, 2.75) is 0 Å². The van der Waals surface area contributed by atoms with Crippen LogP contribution in [0.2, 0.25) is 0 Å². The van der Waals surface area contributed by atoms with Gasteiger partial charge in [0.1, 0.15) is 11.5 Å². The quantitative estimate of drug-likeness (QED) is 0.415. The maximum atomic E-state index is 12.4. The van der Waals surface area contributed by atoms with Crippen LogP contribution in [0.4, 0.5) is 9.59 Å². The summed E-state index contributed by atoms with van der Waals surface area (Å²) in [5, 5.41) is 3.83. The average Bonchev–Trinajstić information content (AvgIpc) is 2.78. The molecule has 0 aliphatic heterocycles. The number of benzene rings is 4. The van der Waals surface area contributed by atoms with E-state index in [0.29, 0.717) is 22.6 Å². The molecule has 0 atom stereocenters. The molecule has 0 spiro atoms. The van der Waals surface area contributed by atoms with Crippen LogP contribution in [0.1, 0.15) is 0 Å². The van der Waals surface area contributed by atoms with Crippen molar-refractivity contribution in [1.82, 2.24) is 9.80 Å². The van der Waals surface area contributed by atoms with E-state index < -0.39 is 12.2 Å². The van der Waals surface area contributed by atoms with Gasteiger partial charge in [-0.2, -0.15) is 0 Å².